The molecule has 3 rings (SSSR count). The molecule has 1 heterocycles. The van der Waals surface area contributed by atoms with Crippen LogP contribution < -0.4 is 14.2 Å². The predicted molar refractivity (Wildman–Crippen MR) is 112 cm³/mol. The largest absolute Gasteiger partial charge is 0.493 e. The number of carboxylic acids is 1. The van der Waals surface area contributed by atoms with Gasteiger partial charge in [0.1, 0.15) is 5.82 Å². The van der Waals surface area contributed by atoms with Crippen LogP contribution >= 0.6 is 0 Å². The fraction of sp³-hybridized carbons (Fsp3) is 0.261. The molecule has 0 saturated heterocycles. The van der Waals surface area contributed by atoms with Crippen molar-refractivity contribution in [3.05, 3.63) is 66.2 Å². The molecule has 0 radical (unpaired) electrons. The molecular weight excluding hydrogens is 403 g/mol. The van der Waals surface area contributed by atoms with E-state index in [0.29, 0.717) is 24.5 Å². The van der Waals surface area contributed by atoms with Gasteiger partial charge in [-0.15, -0.1) is 0 Å². The second kappa shape index (κ2) is 9.42. The number of benzene rings is 2. The second-order valence-electron chi connectivity index (χ2n) is 7.26. The number of nitrogens with zero attached hydrogens (tertiary/aromatic N) is 2. The van der Waals surface area contributed by atoms with Gasteiger partial charge in [0.15, 0.2) is 17.1 Å². The van der Waals surface area contributed by atoms with E-state index in [1.54, 1.807) is 36.7 Å². The van der Waals surface area contributed by atoms with Crippen LogP contribution in [-0.4, -0.2) is 40.4 Å². The van der Waals surface area contributed by atoms with Gasteiger partial charge >= 0.3 is 12.0 Å². The molecule has 0 bridgehead atoms. The van der Waals surface area contributed by atoms with E-state index >= 15 is 0 Å². The Hall–Kier alpha value is -3.68. The van der Waals surface area contributed by atoms with Crippen molar-refractivity contribution in [1.29, 1.82) is 0 Å². The zero-order chi connectivity index (χ0) is 22.4. The number of aliphatic carboxylic acids is 1. The average Bonchev–Trinajstić information content (AvgIpc) is 2.75. The maximum atomic E-state index is 13.0. The Morgan fingerprint density at radius 1 is 1.03 bits per heavy atom. The van der Waals surface area contributed by atoms with Crippen molar-refractivity contribution in [3.63, 3.8) is 0 Å². The van der Waals surface area contributed by atoms with Crippen LogP contribution in [0.4, 0.5) is 4.39 Å². The Morgan fingerprint density at radius 3 is 2.32 bits per heavy atom. The van der Waals surface area contributed by atoms with E-state index in [-0.39, 0.29) is 11.8 Å². The monoisotopic (exact) mass is 426 g/mol. The first-order chi connectivity index (χ1) is 14.8. The minimum Gasteiger partial charge on any atom is -0.493 e. The van der Waals surface area contributed by atoms with Crippen LogP contribution in [-0.2, 0) is 11.2 Å². The normalized spacial score (nSPS) is 11.1. The highest BCUT2D eigenvalue weighted by molar-refractivity contribution is 5.77. The van der Waals surface area contributed by atoms with E-state index in [0.717, 1.165) is 16.7 Å². The molecule has 8 heteroatoms. The molecule has 7 nitrogen and oxygen atoms in total. The summed E-state index contributed by atoms with van der Waals surface area (Å²) >= 11 is 0. The summed E-state index contributed by atoms with van der Waals surface area (Å²) in [6.45, 7) is 3.27. The van der Waals surface area contributed by atoms with E-state index in [2.05, 4.69) is 9.97 Å². The first kappa shape index (κ1) is 22.0. The van der Waals surface area contributed by atoms with E-state index in [1.165, 1.54) is 33.1 Å². The number of methoxy groups -OCH3 is 1. The molecule has 31 heavy (non-hydrogen) atoms. The fourth-order valence-corrected chi connectivity index (χ4v) is 2.71. The van der Waals surface area contributed by atoms with E-state index in [1.807, 2.05) is 6.07 Å². The van der Waals surface area contributed by atoms with Gasteiger partial charge < -0.3 is 19.3 Å². The van der Waals surface area contributed by atoms with Crippen LogP contribution in [0, 0.1) is 5.82 Å². The zero-order valence-electron chi connectivity index (χ0n) is 17.5. The highest BCUT2D eigenvalue weighted by Crippen LogP contribution is 2.31. The number of hydrogen-bond acceptors (Lipinski definition) is 6. The van der Waals surface area contributed by atoms with Gasteiger partial charge in [-0.1, -0.05) is 18.2 Å². The summed E-state index contributed by atoms with van der Waals surface area (Å²) in [6.07, 6.45) is 3.80. The quantitative estimate of drug-likeness (QED) is 0.549. The van der Waals surface area contributed by atoms with Crippen molar-refractivity contribution in [2.45, 2.75) is 25.9 Å². The van der Waals surface area contributed by atoms with Crippen molar-refractivity contribution in [2.24, 2.45) is 0 Å². The Labute approximate surface area is 179 Å². The summed E-state index contributed by atoms with van der Waals surface area (Å²) in [7, 11) is 1.49. The first-order valence-corrected chi connectivity index (χ1v) is 9.58. The summed E-state index contributed by atoms with van der Waals surface area (Å²) in [4.78, 5) is 19.6. The van der Waals surface area contributed by atoms with E-state index in [9.17, 15) is 14.3 Å². The van der Waals surface area contributed by atoms with Gasteiger partial charge in [0, 0.05) is 24.4 Å². The molecule has 0 fully saturated rings. The molecule has 0 spiro atoms. The molecule has 162 valence electrons. The van der Waals surface area contributed by atoms with Gasteiger partial charge in [-0.2, -0.15) is 0 Å². The third-order valence-corrected chi connectivity index (χ3v) is 4.54. The maximum absolute atomic E-state index is 13.0. The van der Waals surface area contributed by atoms with Crippen LogP contribution in [0.3, 0.4) is 0 Å². The molecule has 1 N–H and O–H groups in total. The molecule has 0 unspecified atom stereocenters. The minimum absolute atomic E-state index is 0.237. The minimum atomic E-state index is -1.38. The lowest BCUT2D eigenvalue weighted by Gasteiger charge is -2.23. The number of carboxylic acid groups (broad SMARTS) is 1. The first-order valence-electron chi connectivity index (χ1n) is 9.58. The summed E-state index contributed by atoms with van der Waals surface area (Å²) in [5.41, 5.74) is 1.11. The summed E-state index contributed by atoms with van der Waals surface area (Å²) in [5, 5.41) is 9.23. The van der Waals surface area contributed by atoms with Crippen LogP contribution in [0.25, 0.3) is 11.1 Å². The van der Waals surface area contributed by atoms with E-state index < -0.39 is 11.6 Å². The molecule has 3 aromatic rings. The standard InChI is InChI=1S/C23H23FN2O5/c1-23(2,21(27)28)31-19-9-4-15(12-20(19)29-3)10-11-30-22-25-13-17(14-26-22)16-5-7-18(24)8-6-16/h4-9,12-14H,10-11H2,1-3H3,(H,27,28). The second-order valence-corrected chi connectivity index (χ2v) is 7.26. The van der Waals surface area contributed by atoms with Gasteiger partial charge in [-0.3, -0.25) is 0 Å². The highest BCUT2D eigenvalue weighted by atomic mass is 19.1. The molecular formula is C23H23FN2O5. The Balaban J connectivity index is 1.59. The van der Waals surface area contributed by atoms with Crippen molar-refractivity contribution in [3.8, 4) is 28.6 Å². The number of rotatable bonds is 9. The smallest absolute Gasteiger partial charge is 0.347 e. The van der Waals surface area contributed by atoms with Crippen molar-refractivity contribution < 1.29 is 28.5 Å². The lowest BCUT2D eigenvalue weighted by Crippen LogP contribution is -2.38. The highest BCUT2D eigenvalue weighted by Gasteiger charge is 2.30. The summed E-state index contributed by atoms with van der Waals surface area (Å²) < 4.78 is 29.5. The Morgan fingerprint density at radius 2 is 1.71 bits per heavy atom. The fourth-order valence-electron chi connectivity index (χ4n) is 2.71. The van der Waals surface area contributed by atoms with Crippen LogP contribution in [0.5, 0.6) is 17.5 Å². The van der Waals surface area contributed by atoms with Crippen molar-refractivity contribution in [1.82, 2.24) is 9.97 Å². The van der Waals surface area contributed by atoms with Crippen molar-refractivity contribution >= 4 is 5.97 Å². The topological polar surface area (TPSA) is 90.8 Å². The number of aromatic nitrogens is 2. The SMILES string of the molecule is COc1cc(CCOc2ncc(-c3ccc(F)cc3)cn2)ccc1OC(C)(C)C(=O)O. The summed E-state index contributed by atoms with van der Waals surface area (Å²) in [5.74, 6) is -0.588. The zero-order valence-corrected chi connectivity index (χ0v) is 17.5. The van der Waals surface area contributed by atoms with Gasteiger partial charge in [-0.25, -0.2) is 19.2 Å². The Kier molecular flexibility index (Phi) is 6.69. The lowest BCUT2D eigenvalue weighted by molar-refractivity contribution is -0.152. The van der Waals surface area contributed by atoms with Gasteiger partial charge in [0.25, 0.3) is 0 Å². The molecule has 0 saturated carbocycles. The summed E-state index contributed by atoms with van der Waals surface area (Å²) in [6, 6.07) is 11.6. The molecule has 0 amide bonds. The predicted octanol–water partition coefficient (Wildman–Crippen LogP) is 4.15. The molecule has 0 atom stereocenters. The molecule has 0 aliphatic carbocycles. The third-order valence-electron chi connectivity index (χ3n) is 4.54. The number of halogens is 1. The molecule has 2 aromatic carbocycles. The number of ether oxygens (including phenoxy) is 3. The van der Waals surface area contributed by atoms with Crippen LogP contribution in [0.2, 0.25) is 0 Å². The van der Waals surface area contributed by atoms with Gasteiger partial charge in [0.05, 0.1) is 13.7 Å². The molecule has 0 aliphatic rings. The lowest BCUT2D eigenvalue weighted by atomic mass is 10.1. The van der Waals surface area contributed by atoms with E-state index in [4.69, 9.17) is 14.2 Å². The average molecular weight is 426 g/mol. The molecule has 1 aromatic heterocycles. The number of hydrogen-bond donors (Lipinski definition) is 1. The van der Waals surface area contributed by atoms with Crippen LogP contribution in [0.1, 0.15) is 19.4 Å². The van der Waals surface area contributed by atoms with Crippen LogP contribution in [0.15, 0.2) is 54.9 Å². The van der Waals surface area contributed by atoms with Gasteiger partial charge in [0.2, 0.25) is 0 Å². The number of carbonyl (C=O) groups is 1. The Bertz CT molecular complexity index is 1040. The van der Waals surface area contributed by atoms with Crippen molar-refractivity contribution in [2.75, 3.05) is 13.7 Å². The van der Waals surface area contributed by atoms with Gasteiger partial charge in [-0.05, 0) is 49.2 Å². The third kappa shape index (κ3) is 5.69. The molecule has 0 aliphatic heterocycles. The maximum Gasteiger partial charge on any atom is 0.347 e.